The van der Waals surface area contributed by atoms with Crippen LogP contribution in [0.2, 0.25) is 0 Å². The molecule has 0 saturated heterocycles. The average molecular weight is 489 g/mol. The fourth-order valence-corrected chi connectivity index (χ4v) is 4.86. The number of nitrogens with zero attached hydrogens (tertiary/aromatic N) is 2. The van der Waals surface area contributed by atoms with Gasteiger partial charge in [0.1, 0.15) is 0 Å². The maximum atomic E-state index is 12.5. The van der Waals surface area contributed by atoms with E-state index in [1.807, 2.05) is 0 Å². The summed E-state index contributed by atoms with van der Waals surface area (Å²) in [5.74, 6) is 1.43. The Hall–Kier alpha value is -2.98. The third kappa shape index (κ3) is 6.08. The summed E-state index contributed by atoms with van der Waals surface area (Å²) in [4.78, 5) is 12.5. The standard InChI is InChI=1S/C23H28N4O4S2/c1-6-14-9-8-10-15(7-2)20(14)25-22-26-27-23(33-22)32-13-19(28)24-16-11-17(29-3)21(31-5)18(12-16)30-4/h8-12H,6-7,13H2,1-5H3,(H,24,28)(H,25,26). The molecular formula is C23H28N4O4S2. The summed E-state index contributed by atoms with van der Waals surface area (Å²) in [5.41, 5.74) is 4.13. The van der Waals surface area contributed by atoms with Gasteiger partial charge in [-0.2, -0.15) is 0 Å². The highest BCUT2D eigenvalue weighted by Crippen LogP contribution is 2.40. The number of aryl methyl sites for hydroxylation is 2. The molecule has 8 nitrogen and oxygen atoms in total. The molecule has 33 heavy (non-hydrogen) atoms. The van der Waals surface area contributed by atoms with Crippen molar-refractivity contribution in [2.24, 2.45) is 0 Å². The fraction of sp³-hybridized carbons (Fsp3) is 0.348. The van der Waals surface area contributed by atoms with Crippen molar-refractivity contribution in [2.75, 3.05) is 37.7 Å². The number of anilines is 3. The lowest BCUT2D eigenvalue weighted by molar-refractivity contribution is -0.113. The van der Waals surface area contributed by atoms with Crippen molar-refractivity contribution in [2.45, 2.75) is 31.0 Å². The number of aromatic nitrogens is 2. The molecule has 0 bridgehead atoms. The lowest BCUT2D eigenvalue weighted by Crippen LogP contribution is -2.14. The van der Waals surface area contributed by atoms with E-state index in [1.54, 1.807) is 12.1 Å². The summed E-state index contributed by atoms with van der Waals surface area (Å²) in [6, 6.07) is 9.69. The predicted molar refractivity (Wildman–Crippen MR) is 134 cm³/mol. The Morgan fingerprint density at radius 3 is 2.18 bits per heavy atom. The second kappa shape index (κ2) is 11.8. The van der Waals surface area contributed by atoms with Crippen LogP contribution in [0.25, 0.3) is 0 Å². The van der Waals surface area contributed by atoms with Gasteiger partial charge in [-0.3, -0.25) is 4.79 Å². The fourth-order valence-electron chi connectivity index (χ4n) is 3.31. The zero-order chi connectivity index (χ0) is 23.8. The first-order valence-electron chi connectivity index (χ1n) is 10.5. The largest absolute Gasteiger partial charge is 0.493 e. The molecule has 0 radical (unpaired) electrons. The Kier molecular flexibility index (Phi) is 8.79. The van der Waals surface area contributed by atoms with E-state index in [9.17, 15) is 4.79 Å². The van der Waals surface area contributed by atoms with Gasteiger partial charge in [0, 0.05) is 23.5 Å². The van der Waals surface area contributed by atoms with Crippen molar-refractivity contribution < 1.29 is 19.0 Å². The van der Waals surface area contributed by atoms with Gasteiger partial charge in [0.05, 0.1) is 27.1 Å². The number of benzene rings is 2. The number of carbonyl (C=O) groups excluding carboxylic acids is 1. The monoisotopic (exact) mass is 488 g/mol. The molecule has 1 heterocycles. The van der Waals surface area contributed by atoms with E-state index in [4.69, 9.17) is 14.2 Å². The van der Waals surface area contributed by atoms with Crippen LogP contribution in [0.4, 0.5) is 16.5 Å². The predicted octanol–water partition coefficient (Wildman–Crippen LogP) is 5.16. The van der Waals surface area contributed by atoms with Crippen molar-refractivity contribution >= 4 is 45.5 Å². The van der Waals surface area contributed by atoms with Gasteiger partial charge in [-0.15, -0.1) is 10.2 Å². The molecule has 0 aliphatic heterocycles. The quantitative estimate of drug-likeness (QED) is 0.357. The highest BCUT2D eigenvalue weighted by molar-refractivity contribution is 8.01. The third-order valence-corrected chi connectivity index (χ3v) is 6.88. The van der Waals surface area contributed by atoms with Crippen LogP contribution in [0.3, 0.4) is 0 Å². The second-order valence-corrected chi connectivity index (χ2v) is 9.11. The van der Waals surface area contributed by atoms with Crippen LogP contribution in [0.5, 0.6) is 17.2 Å². The van der Waals surface area contributed by atoms with Crippen molar-refractivity contribution in [1.29, 1.82) is 0 Å². The SMILES string of the molecule is CCc1cccc(CC)c1Nc1nnc(SCC(=O)Nc2cc(OC)c(OC)c(OC)c2)s1. The molecule has 0 spiro atoms. The number of ether oxygens (including phenoxy) is 3. The van der Waals surface area contributed by atoms with Crippen LogP contribution in [0, 0.1) is 0 Å². The van der Waals surface area contributed by atoms with Gasteiger partial charge < -0.3 is 24.8 Å². The molecule has 2 aromatic carbocycles. The molecule has 176 valence electrons. The van der Waals surface area contributed by atoms with Gasteiger partial charge in [0.15, 0.2) is 15.8 Å². The average Bonchev–Trinajstić information content (AvgIpc) is 3.29. The summed E-state index contributed by atoms with van der Waals surface area (Å²) in [7, 11) is 4.59. The molecule has 0 saturated carbocycles. The van der Waals surface area contributed by atoms with E-state index in [-0.39, 0.29) is 11.7 Å². The highest BCUT2D eigenvalue weighted by Gasteiger charge is 2.16. The van der Waals surface area contributed by atoms with Crippen LogP contribution in [0.1, 0.15) is 25.0 Å². The topological polar surface area (TPSA) is 94.6 Å². The number of hydrogen-bond acceptors (Lipinski definition) is 9. The number of para-hydroxylation sites is 1. The zero-order valence-corrected chi connectivity index (χ0v) is 21.0. The summed E-state index contributed by atoms with van der Waals surface area (Å²) in [6.07, 6.45) is 1.86. The van der Waals surface area contributed by atoms with E-state index in [1.165, 1.54) is 55.6 Å². The number of thioether (sulfide) groups is 1. The van der Waals surface area contributed by atoms with Crippen LogP contribution in [-0.2, 0) is 17.6 Å². The summed E-state index contributed by atoms with van der Waals surface area (Å²) >= 11 is 2.76. The van der Waals surface area contributed by atoms with Gasteiger partial charge in [0.25, 0.3) is 0 Å². The number of rotatable bonds is 11. The first-order valence-corrected chi connectivity index (χ1v) is 12.3. The van der Waals surface area contributed by atoms with Crippen LogP contribution < -0.4 is 24.8 Å². The Bertz CT molecular complexity index is 1060. The van der Waals surface area contributed by atoms with E-state index in [0.29, 0.717) is 32.4 Å². The molecular weight excluding hydrogens is 460 g/mol. The van der Waals surface area contributed by atoms with Crippen molar-refractivity contribution in [3.63, 3.8) is 0 Å². The van der Waals surface area contributed by atoms with Gasteiger partial charge in [-0.25, -0.2) is 0 Å². The van der Waals surface area contributed by atoms with Crippen molar-refractivity contribution in [1.82, 2.24) is 10.2 Å². The molecule has 3 rings (SSSR count). The van der Waals surface area contributed by atoms with Crippen LogP contribution in [-0.4, -0.2) is 43.2 Å². The molecule has 3 aromatic rings. The summed E-state index contributed by atoms with van der Waals surface area (Å²) < 4.78 is 16.7. The number of amides is 1. The second-order valence-electron chi connectivity index (χ2n) is 6.91. The van der Waals surface area contributed by atoms with Crippen LogP contribution >= 0.6 is 23.1 Å². The number of nitrogens with one attached hydrogen (secondary N) is 2. The van der Waals surface area contributed by atoms with E-state index < -0.39 is 0 Å². The van der Waals surface area contributed by atoms with Gasteiger partial charge in [0.2, 0.25) is 16.8 Å². The smallest absolute Gasteiger partial charge is 0.234 e. The van der Waals surface area contributed by atoms with Gasteiger partial charge in [-0.1, -0.05) is 55.1 Å². The maximum absolute atomic E-state index is 12.5. The molecule has 0 unspecified atom stereocenters. The molecule has 0 aliphatic carbocycles. The van der Waals surface area contributed by atoms with E-state index in [2.05, 4.69) is 52.9 Å². The van der Waals surface area contributed by atoms with Crippen molar-refractivity contribution in [3.8, 4) is 17.2 Å². The molecule has 0 aliphatic rings. The Morgan fingerprint density at radius 1 is 1.00 bits per heavy atom. The minimum atomic E-state index is -0.177. The minimum absolute atomic E-state index is 0.177. The lowest BCUT2D eigenvalue weighted by Gasteiger charge is -2.14. The van der Waals surface area contributed by atoms with Crippen molar-refractivity contribution in [3.05, 3.63) is 41.5 Å². The number of hydrogen-bond donors (Lipinski definition) is 2. The molecule has 1 aromatic heterocycles. The molecule has 1 amide bonds. The molecule has 2 N–H and O–H groups in total. The number of carbonyl (C=O) groups is 1. The highest BCUT2D eigenvalue weighted by atomic mass is 32.2. The molecule has 10 heteroatoms. The Morgan fingerprint density at radius 2 is 1.64 bits per heavy atom. The summed E-state index contributed by atoms with van der Waals surface area (Å²) in [5, 5.41) is 15.4. The zero-order valence-electron chi connectivity index (χ0n) is 19.4. The Balaban J connectivity index is 1.63. The summed E-state index contributed by atoms with van der Waals surface area (Å²) in [6.45, 7) is 4.27. The third-order valence-electron chi connectivity index (χ3n) is 4.91. The van der Waals surface area contributed by atoms with Gasteiger partial charge in [-0.05, 0) is 24.0 Å². The Labute approximate surface area is 202 Å². The van der Waals surface area contributed by atoms with Crippen LogP contribution in [0.15, 0.2) is 34.7 Å². The molecule has 0 atom stereocenters. The van der Waals surface area contributed by atoms with E-state index in [0.717, 1.165) is 18.5 Å². The van der Waals surface area contributed by atoms with Gasteiger partial charge >= 0.3 is 0 Å². The normalized spacial score (nSPS) is 10.6. The first-order chi connectivity index (χ1) is 16.0. The maximum Gasteiger partial charge on any atom is 0.234 e. The lowest BCUT2D eigenvalue weighted by atomic mass is 10.0. The molecule has 0 fully saturated rings. The van der Waals surface area contributed by atoms with E-state index >= 15 is 0 Å². The minimum Gasteiger partial charge on any atom is -0.493 e. The number of methoxy groups -OCH3 is 3. The first kappa shape index (κ1) is 24.7.